The molecule has 0 amide bonds. The summed E-state index contributed by atoms with van der Waals surface area (Å²) in [6, 6.07) is 8.03. The molecule has 0 saturated carbocycles. The lowest BCUT2D eigenvalue weighted by Crippen LogP contribution is -2.47. The van der Waals surface area contributed by atoms with Gasteiger partial charge in [0.1, 0.15) is 0 Å². The topological polar surface area (TPSA) is 32.3 Å². The van der Waals surface area contributed by atoms with Gasteiger partial charge in [-0.15, -0.1) is 0 Å². The van der Waals surface area contributed by atoms with Crippen LogP contribution in [0.1, 0.15) is 36.0 Å². The summed E-state index contributed by atoms with van der Waals surface area (Å²) in [5.74, 6) is 0.473. The van der Waals surface area contributed by atoms with Crippen LogP contribution in [0.25, 0.3) is 0 Å². The third-order valence-electron chi connectivity index (χ3n) is 4.85. The predicted molar refractivity (Wildman–Crippen MR) is 86.0 cm³/mol. The second kappa shape index (κ2) is 6.91. The van der Waals surface area contributed by atoms with Crippen LogP contribution in [0.4, 0.5) is 0 Å². The summed E-state index contributed by atoms with van der Waals surface area (Å²) in [5.41, 5.74) is 0.805. The Labute approximate surface area is 131 Å². The molecule has 1 aromatic carbocycles. The number of hydrogen-bond donors (Lipinski definition) is 1. The van der Waals surface area contributed by atoms with Gasteiger partial charge in [-0.3, -0.25) is 4.79 Å². The van der Waals surface area contributed by atoms with Crippen LogP contribution in [-0.4, -0.2) is 42.9 Å². The van der Waals surface area contributed by atoms with Gasteiger partial charge in [-0.05, 0) is 76.1 Å². The number of rotatable bonds is 3. The molecule has 0 bridgehead atoms. The van der Waals surface area contributed by atoms with Crippen LogP contribution in [0.5, 0.6) is 0 Å². The molecule has 3 nitrogen and oxygen atoms in total. The Hall–Kier alpha value is -0.900. The smallest absolute Gasteiger partial charge is 0.166 e. The highest BCUT2D eigenvalue weighted by Gasteiger charge is 2.29. The van der Waals surface area contributed by atoms with E-state index >= 15 is 0 Å². The van der Waals surface area contributed by atoms with Gasteiger partial charge in [-0.1, -0.05) is 11.6 Å². The minimum absolute atomic E-state index is 0.184. The number of benzene rings is 1. The van der Waals surface area contributed by atoms with Gasteiger partial charge in [-0.2, -0.15) is 0 Å². The molecule has 2 aliphatic heterocycles. The molecule has 0 radical (unpaired) electrons. The molecule has 2 aliphatic rings. The number of likely N-dealkylation sites (tertiary alicyclic amines) is 1. The lowest BCUT2D eigenvalue weighted by molar-refractivity contribution is 0.0756. The highest BCUT2D eigenvalue weighted by atomic mass is 35.5. The molecule has 2 fully saturated rings. The van der Waals surface area contributed by atoms with E-state index in [2.05, 4.69) is 10.2 Å². The first-order chi connectivity index (χ1) is 10.2. The van der Waals surface area contributed by atoms with Crippen molar-refractivity contribution >= 4 is 17.4 Å². The van der Waals surface area contributed by atoms with Crippen molar-refractivity contribution in [1.82, 2.24) is 10.2 Å². The van der Waals surface area contributed by atoms with Gasteiger partial charge in [0.15, 0.2) is 5.78 Å². The summed E-state index contributed by atoms with van der Waals surface area (Å²) in [7, 11) is 0. The number of carbonyl (C=O) groups is 1. The maximum Gasteiger partial charge on any atom is 0.166 e. The molecule has 4 heteroatoms. The van der Waals surface area contributed by atoms with E-state index in [1.54, 1.807) is 12.1 Å². The molecule has 0 unspecified atom stereocenters. The average Bonchev–Trinajstić information content (AvgIpc) is 2.56. The van der Waals surface area contributed by atoms with Crippen molar-refractivity contribution in [2.75, 3.05) is 26.2 Å². The quantitative estimate of drug-likeness (QED) is 0.871. The number of piperidine rings is 2. The van der Waals surface area contributed by atoms with Gasteiger partial charge in [-0.25, -0.2) is 0 Å². The number of nitrogens with zero attached hydrogens (tertiary/aromatic N) is 1. The zero-order chi connectivity index (χ0) is 14.7. The molecule has 0 spiro atoms. The Morgan fingerprint density at radius 3 is 2.29 bits per heavy atom. The van der Waals surface area contributed by atoms with Crippen molar-refractivity contribution in [3.63, 3.8) is 0 Å². The van der Waals surface area contributed by atoms with E-state index in [1.165, 1.54) is 12.8 Å². The third kappa shape index (κ3) is 3.65. The minimum atomic E-state index is 0.184. The lowest BCUT2D eigenvalue weighted by Gasteiger charge is -2.39. The zero-order valence-corrected chi connectivity index (χ0v) is 13.1. The van der Waals surface area contributed by atoms with Crippen LogP contribution in [0.2, 0.25) is 5.02 Å². The van der Waals surface area contributed by atoms with Crippen LogP contribution in [-0.2, 0) is 0 Å². The first-order valence-electron chi connectivity index (χ1n) is 7.98. The van der Waals surface area contributed by atoms with Gasteiger partial charge >= 0.3 is 0 Å². The normalized spacial score (nSPS) is 22.3. The number of carbonyl (C=O) groups excluding carboxylic acids is 1. The van der Waals surface area contributed by atoms with Crippen LogP contribution in [0, 0.1) is 5.92 Å². The van der Waals surface area contributed by atoms with Gasteiger partial charge in [0.25, 0.3) is 0 Å². The lowest BCUT2D eigenvalue weighted by atomic mass is 9.87. The van der Waals surface area contributed by atoms with Crippen LogP contribution in [0.15, 0.2) is 24.3 Å². The van der Waals surface area contributed by atoms with E-state index in [0.717, 1.165) is 50.6 Å². The predicted octanol–water partition coefficient (Wildman–Crippen LogP) is 2.99. The molecule has 0 aliphatic carbocycles. The molecule has 1 N–H and O–H groups in total. The first kappa shape index (κ1) is 15.0. The van der Waals surface area contributed by atoms with Gasteiger partial charge in [0.05, 0.1) is 0 Å². The largest absolute Gasteiger partial charge is 0.317 e. The zero-order valence-electron chi connectivity index (χ0n) is 12.4. The summed E-state index contributed by atoms with van der Waals surface area (Å²) in [4.78, 5) is 15.1. The van der Waals surface area contributed by atoms with Crippen molar-refractivity contribution in [2.45, 2.75) is 31.7 Å². The standard InChI is InChI=1S/C17H23ClN2O/c18-15-3-1-13(2-4-15)17(21)14-7-11-20(12-8-14)16-5-9-19-10-6-16/h1-4,14,16,19H,5-12H2. The molecule has 0 aromatic heterocycles. The van der Waals surface area contributed by atoms with E-state index in [-0.39, 0.29) is 11.7 Å². The van der Waals surface area contributed by atoms with Crippen LogP contribution >= 0.6 is 11.6 Å². The fourth-order valence-corrected chi connectivity index (χ4v) is 3.67. The van der Waals surface area contributed by atoms with E-state index in [0.29, 0.717) is 5.02 Å². The summed E-state index contributed by atoms with van der Waals surface area (Å²) in [6.45, 7) is 4.39. The number of hydrogen-bond acceptors (Lipinski definition) is 3. The maximum absolute atomic E-state index is 12.5. The van der Waals surface area contributed by atoms with Crippen molar-refractivity contribution < 1.29 is 4.79 Å². The minimum Gasteiger partial charge on any atom is -0.317 e. The Bertz CT molecular complexity index is 474. The molecule has 1 aromatic rings. The molecular weight excluding hydrogens is 284 g/mol. The molecule has 2 saturated heterocycles. The van der Waals surface area contributed by atoms with Crippen molar-refractivity contribution in [1.29, 1.82) is 0 Å². The van der Waals surface area contributed by atoms with Gasteiger partial charge in [0.2, 0.25) is 0 Å². The van der Waals surface area contributed by atoms with Gasteiger partial charge in [0, 0.05) is 22.5 Å². The molecule has 21 heavy (non-hydrogen) atoms. The summed E-state index contributed by atoms with van der Waals surface area (Å²) in [6.07, 6.45) is 4.47. The number of ketones is 1. The Morgan fingerprint density at radius 1 is 1.05 bits per heavy atom. The Morgan fingerprint density at radius 2 is 1.67 bits per heavy atom. The Kier molecular flexibility index (Phi) is 4.94. The van der Waals surface area contributed by atoms with E-state index in [4.69, 9.17) is 11.6 Å². The van der Waals surface area contributed by atoms with Gasteiger partial charge < -0.3 is 10.2 Å². The monoisotopic (exact) mass is 306 g/mol. The highest BCUT2D eigenvalue weighted by molar-refractivity contribution is 6.30. The van der Waals surface area contributed by atoms with Crippen molar-refractivity contribution in [2.24, 2.45) is 5.92 Å². The van der Waals surface area contributed by atoms with Crippen LogP contribution < -0.4 is 5.32 Å². The summed E-state index contributed by atoms with van der Waals surface area (Å²) < 4.78 is 0. The van der Waals surface area contributed by atoms with E-state index in [1.807, 2.05) is 12.1 Å². The van der Waals surface area contributed by atoms with Crippen molar-refractivity contribution in [3.8, 4) is 0 Å². The third-order valence-corrected chi connectivity index (χ3v) is 5.11. The van der Waals surface area contributed by atoms with Crippen molar-refractivity contribution in [3.05, 3.63) is 34.9 Å². The summed E-state index contributed by atoms with van der Waals surface area (Å²) >= 11 is 5.88. The number of halogens is 1. The highest BCUT2D eigenvalue weighted by Crippen LogP contribution is 2.25. The maximum atomic E-state index is 12.5. The molecule has 3 rings (SSSR count). The second-order valence-electron chi connectivity index (χ2n) is 6.16. The van der Waals surface area contributed by atoms with Crippen LogP contribution in [0.3, 0.4) is 0 Å². The fraction of sp³-hybridized carbons (Fsp3) is 0.588. The number of Topliss-reactive ketones (excluding diaryl/α,β-unsaturated/α-hetero) is 1. The number of nitrogens with one attached hydrogen (secondary N) is 1. The molecule has 0 atom stereocenters. The van der Waals surface area contributed by atoms with E-state index in [9.17, 15) is 4.79 Å². The summed E-state index contributed by atoms with van der Waals surface area (Å²) in [5, 5.41) is 4.10. The fourth-order valence-electron chi connectivity index (χ4n) is 3.55. The molecular formula is C17H23ClN2O. The Balaban J connectivity index is 1.55. The molecule has 2 heterocycles. The second-order valence-corrected chi connectivity index (χ2v) is 6.60. The SMILES string of the molecule is O=C(c1ccc(Cl)cc1)C1CCN(C2CCNCC2)CC1. The van der Waals surface area contributed by atoms with E-state index < -0.39 is 0 Å². The first-order valence-corrected chi connectivity index (χ1v) is 8.36. The average molecular weight is 307 g/mol. The molecule has 114 valence electrons.